The summed E-state index contributed by atoms with van der Waals surface area (Å²) in [5, 5.41) is 3.31. The van der Waals surface area contributed by atoms with Gasteiger partial charge in [0.2, 0.25) is 5.91 Å². The van der Waals surface area contributed by atoms with Gasteiger partial charge in [0.15, 0.2) is 0 Å². The molecular formula is C19H37Cl2N3O3. The largest absolute Gasteiger partial charge is 0.381 e. The van der Waals surface area contributed by atoms with Gasteiger partial charge in [-0.25, -0.2) is 0 Å². The van der Waals surface area contributed by atoms with Gasteiger partial charge >= 0.3 is 0 Å². The Kier molecular flexibility index (Phi) is 10.9. The van der Waals surface area contributed by atoms with E-state index >= 15 is 0 Å². The summed E-state index contributed by atoms with van der Waals surface area (Å²) in [6.45, 7) is 7.25. The normalized spacial score (nSPS) is 24.9. The maximum atomic E-state index is 12.9. The molecule has 0 spiro atoms. The number of halogens is 2. The lowest BCUT2D eigenvalue weighted by atomic mass is 9.72. The van der Waals surface area contributed by atoms with E-state index in [0.717, 1.165) is 52.2 Å². The van der Waals surface area contributed by atoms with Crippen LogP contribution in [0.4, 0.5) is 0 Å². The zero-order chi connectivity index (χ0) is 17.6. The van der Waals surface area contributed by atoms with E-state index in [9.17, 15) is 4.79 Å². The van der Waals surface area contributed by atoms with E-state index in [4.69, 9.17) is 15.2 Å². The quantitative estimate of drug-likeness (QED) is 0.680. The van der Waals surface area contributed by atoms with Crippen molar-refractivity contribution in [1.82, 2.24) is 10.2 Å². The summed E-state index contributed by atoms with van der Waals surface area (Å²) in [7, 11) is 0. The number of hydrogen-bond acceptors (Lipinski definition) is 5. The van der Waals surface area contributed by atoms with Gasteiger partial charge in [0.05, 0.1) is 18.6 Å². The Morgan fingerprint density at radius 1 is 0.926 bits per heavy atom. The Morgan fingerprint density at radius 3 is 2.11 bits per heavy atom. The third-order valence-corrected chi connectivity index (χ3v) is 6.52. The van der Waals surface area contributed by atoms with Crippen LogP contribution >= 0.6 is 24.8 Å². The van der Waals surface area contributed by atoms with Gasteiger partial charge in [-0.15, -0.1) is 24.8 Å². The average Bonchev–Trinajstić information content (AvgIpc) is 2.68. The smallest absolute Gasteiger partial charge is 0.227 e. The van der Waals surface area contributed by atoms with Crippen molar-refractivity contribution in [2.45, 2.75) is 44.9 Å². The van der Waals surface area contributed by atoms with Crippen LogP contribution in [-0.2, 0) is 14.3 Å². The molecule has 2 heterocycles. The fourth-order valence-electron chi connectivity index (χ4n) is 4.67. The zero-order valence-corrected chi connectivity index (χ0v) is 18.0. The molecule has 3 aliphatic rings. The summed E-state index contributed by atoms with van der Waals surface area (Å²) in [4.78, 5) is 15.5. The second-order valence-electron chi connectivity index (χ2n) is 8.23. The number of nitrogens with zero attached hydrogens (tertiary/aromatic N) is 1. The molecular weight excluding hydrogens is 389 g/mol. The molecule has 0 radical (unpaired) electrons. The van der Waals surface area contributed by atoms with Crippen molar-refractivity contribution < 1.29 is 14.3 Å². The van der Waals surface area contributed by atoms with Crippen LogP contribution in [0.2, 0.25) is 0 Å². The monoisotopic (exact) mass is 425 g/mol. The van der Waals surface area contributed by atoms with Crippen molar-refractivity contribution in [3.63, 3.8) is 0 Å². The molecule has 2 saturated heterocycles. The molecule has 0 aromatic carbocycles. The lowest BCUT2D eigenvalue weighted by molar-refractivity contribution is -0.136. The molecule has 3 rings (SSSR count). The first-order valence-corrected chi connectivity index (χ1v) is 10.0. The molecule has 3 fully saturated rings. The standard InChI is InChI=1S/C19H35N3O3.2ClH/c20-14-19(6-10-24-11-7-19)17(23)21-15-18(4-2-1-3-5-18)16-22-8-12-25-13-9-22;;/h1-16,20H2,(H,21,23);2*1H. The van der Waals surface area contributed by atoms with Crippen LogP contribution in [0.5, 0.6) is 0 Å². The predicted octanol–water partition coefficient (Wildman–Crippen LogP) is 1.98. The van der Waals surface area contributed by atoms with Crippen LogP contribution in [0.15, 0.2) is 0 Å². The van der Waals surface area contributed by atoms with E-state index in [2.05, 4.69) is 10.2 Å². The number of amides is 1. The van der Waals surface area contributed by atoms with Gasteiger partial charge in [0.25, 0.3) is 0 Å². The van der Waals surface area contributed by atoms with E-state index in [-0.39, 0.29) is 36.1 Å². The number of carbonyl (C=O) groups is 1. The van der Waals surface area contributed by atoms with Crippen LogP contribution in [-0.4, -0.2) is 70.0 Å². The Bertz CT molecular complexity index is 436. The van der Waals surface area contributed by atoms with Crippen molar-refractivity contribution in [3.05, 3.63) is 0 Å². The molecule has 1 amide bonds. The number of ether oxygens (including phenoxy) is 2. The van der Waals surface area contributed by atoms with Gasteiger partial charge in [-0.2, -0.15) is 0 Å². The Labute approximate surface area is 176 Å². The van der Waals surface area contributed by atoms with Crippen molar-refractivity contribution in [3.8, 4) is 0 Å². The highest BCUT2D eigenvalue weighted by Gasteiger charge is 2.41. The van der Waals surface area contributed by atoms with Crippen molar-refractivity contribution in [2.24, 2.45) is 16.6 Å². The Hall–Kier alpha value is -0.110. The third-order valence-electron chi connectivity index (χ3n) is 6.52. The first-order chi connectivity index (χ1) is 12.2. The Balaban J connectivity index is 0.00000182. The first kappa shape index (κ1) is 24.9. The van der Waals surface area contributed by atoms with Gasteiger partial charge in [0, 0.05) is 51.4 Å². The lowest BCUT2D eigenvalue weighted by Gasteiger charge is -2.43. The first-order valence-electron chi connectivity index (χ1n) is 10.0. The summed E-state index contributed by atoms with van der Waals surface area (Å²) in [5.41, 5.74) is 5.78. The molecule has 6 nitrogen and oxygen atoms in total. The van der Waals surface area contributed by atoms with Gasteiger partial charge in [-0.05, 0) is 25.7 Å². The number of carbonyl (C=O) groups excluding carboxylic acids is 1. The van der Waals surface area contributed by atoms with E-state index in [1.807, 2.05) is 0 Å². The highest BCUT2D eigenvalue weighted by Crippen LogP contribution is 2.37. The molecule has 0 unspecified atom stereocenters. The second kappa shape index (κ2) is 11.8. The summed E-state index contributed by atoms with van der Waals surface area (Å²) in [5.74, 6) is 0.144. The summed E-state index contributed by atoms with van der Waals surface area (Å²) >= 11 is 0. The van der Waals surface area contributed by atoms with Crippen LogP contribution in [0.1, 0.15) is 44.9 Å². The number of hydrogen-bond donors (Lipinski definition) is 2. The summed E-state index contributed by atoms with van der Waals surface area (Å²) in [6.07, 6.45) is 7.78. The molecule has 0 bridgehead atoms. The fourth-order valence-corrected chi connectivity index (χ4v) is 4.67. The highest BCUT2D eigenvalue weighted by atomic mass is 35.5. The molecule has 3 N–H and O–H groups in total. The predicted molar refractivity (Wildman–Crippen MR) is 112 cm³/mol. The minimum atomic E-state index is -0.424. The topological polar surface area (TPSA) is 76.8 Å². The van der Waals surface area contributed by atoms with Crippen LogP contribution < -0.4 is 11.1 Å². The van der Waals surface area contributed by atoms with E-state index < -0.39 is 5.41 Å². The Morgan fingerprint density at radius 2 is 1.52 bits per heavy atom. The number of morpholine rings is 1. The number of nitrogens with two attached hydrogens (primary N) is 1. The maximum Gasteiger partial charge on any atom is 0.227 e. The van der Waals surface area contributed by atoms with Gasteiger partial charge in [0.1, 0.15) is 0 Å². The SMILES string of the molecule is Cl.Cl.NCC1(C(=O)NCC2(CN3CCOCC3)CCCCC2)CCOCC1. The van der Waals surface area contributed by atoms with Crippen molar-refractivity contribution in [2.75, 3.05) is 59.2 Å². The molecule has 0 aromatic heterocycles. The number of nitrogens with one attached hydrogen (secondary N) is 1. The van der Waals surface area contributed by atoms with Crippen LogP contribution in [0, 0.1) is 10.8 Å². The fraction of sp³-hybridized carbons (Fsp3) is 0.947. The minimum absolute atomic E-state index is 0. The molecule has 160 valence electrons. The lowest BCUT2D eigenvalue weighted by Crippen LogP contribution is -2.54. The van der Waals surface area contributed by atoms with Gasteiger partial charge in [-0.3, -0.25) is 9.69 Å². The van der Waals surface area contributed by atoms with Crippen molar-refractivity contribution in [1.29, 1.82) is 0 Å². The molecule has 8 heteroatoms. The van der Waals surface area contributed by atoms with E-state index in [1.165, 1.54) is 32.1 Å². The van der Waals surface area contributed by atoms with Gasteiger partial charge in [-0.1, -0.05) is 19.3 Å². The minimum Gasteiger partial charge on any atom is -0.381 e. The zero-order valence-electron chi connectivity index (χ0n) is 16.4. The second-order valence-corrected chi connectivity index (χ2v) is 8.23. The molecule has 2 aliphatic heterocycles. The molecule has 1 saturated carbocycles. The maximum absolute atomic E-state index is 12.9. The van der Waals surface area contributed by atoms with Crippen molar-refractivity contribution >= 4 is 30.7 Å². The molecule has 0 aromatic rings. The molecule has 1 aliphatic carbocycles. The van der Waals surface area contributed by atoms with Gasteiger partial charge < -0.3 is 20.5 Å². The average molecular weight is 426 g/mol. The van der Waals surface area contributed by atoms with E-state index in [1.54, 1.807) is 0 Å². The number of rotatable bonds is 6. The van der Waals surface area contributed by atoms with Crippen LogP contribution in [0.25, 0.3) is 0 Å². The summed E-state index contributed by atoms with van der Waals surface area (Å²) in [6, 6.07) is 0. The van der Waals surface area contributed by atoms with E-state index in [0.29, 0.717) is 19.8 Å². The molecule has 27 heavy (non-hydrogen) atoms. The highest BCUT2D eigenvalue weighted by molar-refractivity contribution is 5.85. The third kappa shape index (κ3) is 6.44. The summed E-state index contributed by atoms with van der Waals surface area (Å²) < 4.78 is 10.9. The van der Waals surface area contributed by atoms with Crippen LogP contribution in [0.3, 0.4) is 0 Å². The molecule has 0 atom stereocenters.